The smallest absolute Gasteiger partial charge is 0.276 e. The molecule has 9 nitrogen and oxygen atoms in total. The van der Waals surface area contributed by atoms with Gasteiger partial charge in [-0.25, -0.2) is 5.14 Å². The van der Waals surface area contributed by atoms with Gasteiger partial charge in [-0.3, -0.25) is 19.4 Å². The number of amides is 2. The Bertz CT molecular complexity index is 1150. The number of piperidine rings is 1. The molecule has 0 spiro atoms. The Balaban J connectivity index is 1.25. The Hall–Kier alpha value is -1.27. The number of piperazine rings is 1. The molecular formula is C25H35Cl2N5O4S. The normalized spacial score (nSPS) is 27.1. The highest BCUT2D eigenvalue weighted by atomic mass is 35.5. The molecule has 3 aliphatic heterocycles. The van der Waals surface area contributed by atoms with Gasteiger partial charge in [0.15, 0.2) is 0 Å². The quantitative estimate of drug-likeness (QED) is 0.455. The number of rotatable bonds is 9. The van der Waals surface area contributed by atoms with Crippen molar-refractivity contribution in [1.29, 1.82) is 0 Å². The fraction of sp³-hybridized carbons (Fsp3) is 0.680. The second-order valence-electron chi connectivity index (χ2n) is 10.9. The minimum Gasteiger partial charge on any atom is -0.300 e. The van der Waals surface area contributed by atoms with Crippen molar-refractivity contribution >= 4 is 45.2 Å². The van der Waals surface area contributed by atoms with E-state index < -0.39 is 15.6 Å². The average molecular weight is 573 g/mol. The fourth-order valence-electron chi connectivity index (χ4n) is 5.94. The van der Waals surface area contributed by atoms with Crippen molar-refractivity contribution in [1.82, 2.24) is 19.0 Å². The van der Waals surface area contributed by atoms with Crippen LogP contribution in [-0.2, 0) is 25.2 Å². The lowest BCUT2D eigenvalue weighted by molar-refractivity contribution is -0.154. The van der Waals surface area contributed by atoms with Crippen LogP contribution in [-0.4, -0.2) is 97.6 Å². The Labute approximate surface area is 229 Å². The Kier molecular flexibility index (Phi) is 7.91. The number of hydrogen-bond donors (Lipinski definition) is 1. The van der Waals surface area contributed by atoms with E-state index in [2.05, 4.69) is 9.80 Å². The van der Waals surface area contributed by atoms with Gasteiger partial charge in [0.25, 0.3) is 10.2 Å². The van der Waals surface area contributed by atoms with Gasteiger partial charge < -0.3 is 4.90 Å². The molecule has 3 heterocycles. The van der Waals surface area contributed by atoms with Gasteiger partial charge in [0.1, 0.15) is 0 Å². The van der Waals surface area contributed by atoms with E-state index in [1.807, 2.05) is 6.07 Å². The van der Waals surface area contributed by atoms with Crippen LogP contribution in [0.1, 0.15) is 44.1 Å². The molecule has 1 atom stereocenters. The number of carbonyl (C=O) groups is 2. The van der Waals surface area contributed by atoms with E-state index in [0.717, 1.165) is 31.6 Å². The van der Waals surface area contributed by atoms with Gasteiger partial charge in [0.05, 0.1) is 15.5 Å². The van der Waals surface area contributed by atoms with Gasteiger partial charge in [-0.15, -0.1) is 0 Å². The van der Waals surface area contributed by atoms with Crippen LogP contribution in [0.3, 0.4) is 0 Å². The summed E-state index contributed by atoms with van der Waals surface area (Å²) in [5.74, 6) is 0.440. The highest BCUT2D eigenvalue weighted by Crippen LogP contribution is 2.42. The first-order valence-electron chi connectivity index (χ1n) is 13.1. The van der Waals surface area contributed by atoms with Gasteiger partial charge in [-0.05, 0) is 49.4 Å². The average Bonchev–Trinajstić information content (AvgIpc) is 3.65. The summed E-state index contributed by atoms with van der Waals surface area (Å²) in [4.78, 5) is 32.9. The standard InChI is InChI=1S/C25H35Cl2N5O4S/c26-21-4-3-19(15-22(21)27)25(7-5-23(33)32(24(25)34)9-6-18-1-2-18)8-10-29-16-20(17-29)30-11-13-31(14-12-30)37(28,35)36/h3-4,15,18,20H,1-2,5-14,16-17H2,(H2,28,35,36)/t25-/m0/s1. The Morgan fingerprint density at radius 1 is 1.00 bits per heavy atom. The van der Waals surface area contributed by atoms with E-state index >= 15 is 0 Å². The predicted octanol–water partition coefficient (Wildman–Crippen LogP) is 2.08. The SMILES string of the molecule is NS(=O)(=O)N1CCN(C2CN(CC[C@]3(c4ccc(Cl)c(Cl)c4)CCC(=O)N(CCC4CC4)C3=O)C2)CC1. The molecule has 0 aromatic heterocycles. The lowest BCUT2D eigenvalue weighted by Crippen LogP contribution is -2.64. The van der Waals surface area contributed by atoms with Crippen molar-refractivity contribution in [3.63, 3.8) is 0 Å². The second-order valence-corrected chi connectivity index (χ2v) is 13.3. The third kappa shape index (κ3) is 5.85. The number of carbonyl (C=O) groups excluding carboxylic acids is 2. The highest BCUT2D eigenvalue weighted by Gasteiger charge is 2.49. The molecular weight excluding hydrogens is 537 g/mol. The molecule has 4 fully saturated rings. The molecule has 1 aromatic rings. The summed E-state index contributed by atoms with van der Waals surface area (Å²) in [6, 6.07) is 5.77. The van der Waals surface area contributed by atoms with Crippen LogP contribution in [0.4, 0.5) is 0 Å². The number of hydrogen-bond acceptors (Lipinski definition) is 6. The van der Waals surface area contributed by atoms with E-state index in [1.54, 1.807) is 12.1 Å². The van der Waals surface area contributed by atoms with Crippen molar-refractivity contribution in [3.8, 4) is 0 Å². The van der Waals surface area contributed by atoms with Crippen molar-refractivity contribution in [2.75, 3.05) is 52.4 Å². The lowest BCUT2D eigenvalue weighted by Gasteiger charge is -2.49. The number of nitrogens with two attached hydrogens (primary N) is 1. The molecule has 2 amide bonds. The summed E-state index contributed by atoms with van der Waals surface area (Å²) >= 11 is 12.6. The molecule has 3 saturated heterocycles. The second kappa shape index (κ2) is 10.7. The van der Waals surface area contributed by atoms with Crippen LogP contribution in [0.5, 0.6) is 0 Å². The summed E-state index contributed by atoms with van der Waals surface area (Å²) in [5.41, 5.74) is 0.0183. The number of likely N-dealkylation sites (tertiary alicyclic amines) is 2. The molecule has 1 aromatic carbocycles. The third-order valence-corrected chi connectivity index (χ3v) is 10.4. The Morgan fingerprint density at radius 2 is 1.70 bits per heavy atom. The summed E-state index contributed by atoms with van der Waals surface area (Å²) in [7, 11) is -3.64. The van der Waals surface area contributed by atoms with Crippen LogP contribution >= 0.6 is 23.2 Å². The van der Waals surface area contributed by atoms with Crippen molar-refractivity contribution in [2.24, 2.45) is 11.1 Å². The van der Waals surface area contributed by atoms with Crippen LogP contribution < -0.4 is 5.14 Å². The zero-order valence-corrected chi connectivity index (χ0v) is 23.3. The predicted molar refractivity (Wildman–Crippen MR) is 143 cm³/mol. The molecule has 37 heavy (non-hydrogen) atoms. The maximum absolute atomic E-state index is 14.0. The van der Waals surface area contributed by atoms with E-state index in [-0.39, 0.29) is 11.8 Å². The number of halogens is 2. The fourth-order valence-corrected chi connectivity index (χ4v) is 6.91. The zero-order valence-electron chi connectivity index (χ0n) is 20.9. The summed E-state index contributed by atoms with van der Waals surface area (Å²) < 4.78 is 24.5. The summed E-state index contributed by atoms with van der Waals surface area (Å²) in [5, 5.41) is 6.11. The van der Waals surface area contributed by atoms with E-state index in [9.17, 15) is 18.0 Å². The van der Waals surface area contributed by atoms with Crippen LogP contribution in [0.25, 0.3) is 0 Å². The van der Waals surface area contributed by atoms with Gasteiger partial charge in [-0.1, -0.05) is 42.1 Å². The Morgan fingerprint density at radius 3 is 2.32 bits per heavy atom. The number of imide groups is 1. The largest absolute Gasteiger partial charge is 0.300 e. The first kappa shape index (κ1) is 27.3. The molecule has 4 aliphatic rings. The first-order valence-corrected chi connectivity index (χ1v) is 15.4. The van der Waals surface area contributed by atoms with Crippen molar-refractivity contribution < 1.29 is 18.0 Å². The number of benzene rings is 1. The molecule has 204 valence electrons. The maximum atomic E-state index is 14.0. The molecule has 1 aliphatic carbocycles. The molecule has 2 N–H and O–H groups in total. The van der Waals surface area contributed by atoms with Gasteiger partial charge in [0, 0.05) is 58.3 Å². The minimum atomic E-state index is -3.64. The van der Waals surface area contributed by atoms with E-state index in [1.165, 1.54) is 22.0 Å². The monoisotopic (exact) mass is 571 g/mol. The molecule has 1 saturated carbocycles. The molecule has 5 rings (SSSR count). The van der Waals surface area contributed by atoms with Crippen molar-refractivity contribution in [2.45, 2.75) is 50.0 Å². The zero-order chi connectivity index (χ0) is 26.4. The van der Waals surface area contributed by atoms with Crippen molar-refractivity contribution in [3.05, 3.63) is 33.8 Å². The van der Waals surface area contributed by atoms with Gasteiger partial charge in [0.2, 0.25) is 11.8 Å². The highest BCUT2D eigenvalue weighted by molar-refractivity contribution is 7.86. The van der Waals surface area contributed by atoms with E-state index in [4.69, 9.17) is 28.3 Å². The first-order chi connectivity index (χ1) is 17.6. The third-order valence-electron chi connectivity index (χ3n) is 8.59. The van der Waals surface area contributed by atoms with Crippen LogP contribution in [0.2, 0.25) is 10.0 Å². The topological polar surface area (TPSA) is 107 Å². The molecule has 0 unspecified atom stereocenters. The number of nitrogens with zero attached hydrogens (tertiary/aromatic N) is 4. The van der Waals surface area contributed by atoms with Crippen LogP contribution in [0, 0.1) is 5.92 Å². The molecule has 0 bridgehead atoms. The summed E-state index contributed by atoms with van der Waals surface area (Å²) in [6.07, 6.45) is 4.65. The maximum Gasteiger partial charge on any atom is 0.276 e. The van der Waals surface area contributed by atoms with Crippen LogP contribution in [0.15, 0.2) is 18.2 Å². The van der Waals surface area contributed by atoms with E-state index in [0.29, 0.717) is 74.0 Å². The lowest BCUT2D eigenvalue weighted by atomic mass is 9.70. The molecule has 12 heteroatoms. The summed E-state index contributed by atoms with van der Waals surface area (Å²) in [6.45, 7) is 5.10. The molecule has 0 radical (unpaired) electrons. The minimum absolute atomic E-state index is 0.0796. The van der Waals surface area contributed by atoms with Gasteiger partial charge >= 0.3 is 0 Å². The van der Waals surface area contributed by atoms with Gasteiger partial charge in [-0.2, -0.15) is 12.7 Å².